The number of aromatic nitrogens is 2. The highest BCUT2D eigenvalue weighted by Crippen LogP contribution is 2.28. The molecule has 10 nitrogen and oxygen atoms in total. The van der Waals surface area contributed by atoms with E-state index in [1.54, 1.807) is 24.3 Å². The lowest BCUT2D eigenvalue weighted by Crippen LogP contribution is -2.40. The van der Waals surface area contributed by atoms with Crippen LogP contribution < -0.4 is 5.32 Å². The maximum Gasteiger partial charge on any atom is 0.348 e. The molecule has 1 aromatic carbocycles. The second-order valence-electron chi connectivity index (χ2n) is 5.96. The lowest BCUT2D eigenvalue weighted by molar-refractivity contribution is -0.384. The second kappa shape index (κ2) is 8.78. The Bertz CT molecular complexity index is 948. The molecule has 0 bridgehead atoms. The third-order valence-corrected chi connectivity index (χ3v) is 6.39. The van der Waals surface area contributed by atoms with Crippen LogP contribution in [-0.2, 0) is 21.2 Å². The predicted molar refractivity (Wildman–Crippen MR) is 102 cm³/mol. The molecule has 28 heavy (non-hydrogen) atoms. The van der Waals surface area contributed by atoms with Crippen molar-refractivity contribution in [3.8, 4) is 0 Å². The number of nitrogens with one attached hydrogen (secondary N) is 1. The van der Waals surface area contributed by atoms with Gasteiger partial charge in [0.1, 0.15) is 6.33 Å². The summed E-state index contributed by atoms with van der Waals surface area (Å²) in [5.74, 6) is 0.0384. The number of sulfonamides is 1. The number of rotatable bonds is 7. The topological polar surface area (TPSA) is 128 Å². The minimum Gasteiger partial charge on any atom is -0.379 e. The van der Waals surface area contributed by atoms with Crippen LogP contribution in [-0.4, -0.2) is 60.5 Å². The summed E-state index contributed by atoms with van der Waals surface area (Å²) >= 11 is 5.74. The molecule has 0 spiro atoms. The number of anilines is 1. The van der Waals surface area contributed by atoms with Crippen LogP contribution in [0.15, 0.2) is 35.5 Å². The summed E-state index contributed by atoms with van der Waals surface area (Å²) in [7, 11) is -3.53. The molecule has 0 saturated carbocycles. The zero-order valence-corrected chi connectivity index (χ0v) is 16.3. The van der Waals surface area contributed by atoms with E-state index in [0.29, 0.717) is 39.3 Å². The van der Waals surface area contributed by atoms with Crippen LogP contribution in [0.25, 0.3) is 0 Å². The van der Waals surface area contributed by atoms with Crippen molar-refractivity contribution >= 4 is 33.1 Å². The van der Waals surface area contributed by atoms with Crippen molar-refractivity contribution in [2.45, 2.75) is 11.3 Å². The number of hydrogen-bond acceptors (Lipinski definition) is 8. The SMILES string of the molecule is O=[N+]([O-])c1c(Cl)ncnc1NCCc1ccc(S(=O)(=O)N2CCOCC2)cc1. The molecule has 150 valence electrons. The molecule has 0 aliphatic carbocycles. The maximum atomic E-state index is 12.6. The molecule has 1 fully saturated rings. The Labute approximate surface area is 166 Å². The fraction of sp³-hybridized carbons (Fsp3) is 0.375. The summed E-state index contributed by atoms with van der Waals surface area (Å²) in [5.41, 5.74) is 0.493. The Morgan fingerprint density at radius 2 is 1.89 bits per heavy atom. The van der Waals surface area contributed by atoms with E-state index in [1.165, 1.54) is 4.31 Å². The molecule has 2 heterocycles. The Morgan fingerprint density at radius 1 is 1.21 bits per heavy atom. The van der Waals surface area contributed by atoms with Gasteiger partial charge in [-0.05, 0) is 24.1 Å². The lowest BCUT2D eigenvalue weighted by atomic mass is 10.1. The Morgan fingerprint density at radius 3 is 2.54 bits per heavy atom. The van der Waals surface area contributed by atoms with Crippen molar-refractivity contribution in [3.05, 3.63) is 51.4 Å². The number of hydrogen-bond donors (Lipinski definition) is 1. The average molecular weight is 428 g/mol. The van der Waals surface area contributed by atoms with Crippen LogP contribution in [0.2, 0.25) is 5.15 Å². The van der Waals surface area contributed by atoms with Gasteiger partial charge in [0.25, 0.3) is 0 Å². The van der Waals surface area contributed by atoms with Gasteiger partial charge >= 0.3 is 5.69 Å². The van der Waals surface area contributed by atoms with E-state index in [-0.39, 0.29) is 21.6 Å². The van der Waals surface area contributed by atoms with Crippen molar-refractivity contribution in [2.24, 2.45) is 0 Å². The zero-order valence-electron chi connectivity index (χ0n) is 14.7. The number of morpholine rings is 1. The monoisotopic (exact) mass is 427 g/mol. The van der Waals surface area contributed by atoms with Gasteiger partial charge in [-0.25, -0.2) is 18.4 Å². The second-order valence-corrected chi connectivity index (χ2v) is 8.25. The largest absolute Gasteiger partial charge is 0.379 e. The van der Waals surface area contributed by atoms with Gasteiger partial charge in [-0.15, -0.1) is 0 Å². The molecule has 12 heteroatoms. The first-order chi connectivity index (χ1) is 13.4. The number of halogens is 1. The summed E-state index contributed by atoms with van der Waals surface area (Å²) < 4.78 is 31.8. The van der Waals surface area contributed by atoms with Crippen LogP contribution in [0.4, 0.5) is 11.5 Å². The predicted octanol–water partition coefficient (Wildman–Crippen LogP) is 1.71. The maximum absolute atomic E-state index is 12.6. The molecular formula is C16H18ClN5O5S. The molecule has 1 aliphatic rings. The van der Waals surface area contributed by atoms with E-state index in [1.807, 2.05) is 0 Å². The molecule has 1 N–H and O–H groups in total. The molecule has 1 aliphatic heterocycles. The van der Waals surface area contributed by atoms with Gasteiger partial charge < -0.3 is 10.1 Å². The molecule has 0 atom stereocenters. The third kappa shape index (κ3) is 4.55. The van der Waals surface area contributed by atoms with Gasteiger partial charge in [0.15, 0.2) is 0 Å². The molecule has 0 radical (unpaired) electrons. The minimum atomic E-state index is -3.53. The van der Waals surface area contributed by atoms with Crippen molar-refractivity contribution in [3.63, 3.8) is 0 Å². The molecule has 1 aromatic heterocycles. The quantitative estimate of drug-likeness (QED) is 0.402. The van der Waals surface area contributed by atoms with Gasteiger partial charge in [-0.3, -0.25) is 10.1 Å². The number of nitrogens with zero attached hydrogens (tertiary/aromatic N) is 4. The molecule has 0 unspecified atom stereocenters. The molecular weight excluding hydrogens is 410 g/mol. The van der Waals surface area contributed by atoms with Gasteiger partial charge in [0.2, 0.25) is 21.0 Å². The first-order valence-electron chi connectivity index (χ1n) is 8.45. The molecule has 3 rings (SSSR count). The third-order valence-electron chi connectivity index (χ3n) is 4.20. The highest BCUT2D eigenvalue weighted by molar-refractivity contribution is 7.89. The van der Waals surface area contributed by atoms with Crippen molar-refractivity contribution in [1.29, 1.82) is 0 Å². The number of nitro groups is 1. The van der Waals surface area contributed by atoms with E-state index in [9.17, 15) is 18.5 Å². The standard InChI is InChI=1S/C16H18ClN5O5S/c17-15-14(22(23)24)16(20-11-19-15)18-6-5-12-1-3-13(4-2-12)28(25,26)21-7-9-27-10-8-21/h1-4,11H,5-10H2,(H,18,19,20). The van der Waals surface area contributed by atoms with Gasteiger partial charge in [0.05, 0.1) is 23.0 Å². The Kier molecular flexibility index (Phi) is 6.39. The normalized spacial score (nSPS) is 15.3. The minimum absolute atomic E-state index is 0.0384. The lowest BCUT2D eigenvalue weighted by Gasteiger charge is -2.26. The smallest absolute Gasteiger partial charge is 0.348 e. The summed E-state index contributed by atoms with van der Waals surface area (Å²) in [6.45, 7) is 1.82. The van der Waals surface area contributed by atoms with Crippen LogP contribution in [0, 0.1) is 10.1 Å². The zero-order chi connectivity index (χ0) is 20.1. The van der Waals surface area contributed by atoms with Crippen molar-refractivity contribution in [2.75, 3.05) is 38.2 Å². The van der Waals surface area contributed by atoms with Crippen LogP contribution in [0.3, 0.4) is 0 Å². The first-order valence-corrected chi connectivity index (χ1v) is 10.3. The van der Waals surface area contributed by atoms with E-state index in [0.717, 1.165) is 11.9 Å². The molecule has 0 amide bonds. The summed E-state index contributed by atoms with van der Waals surface area (Å²) in [4.78, 5) is 18.1. The van der Waals surface area contributed by atoms with Crippen molar-refractivity contribution in [1.82, 2.24) is 14.3 Å². The van der Waals surface area contributed by atoms with E-state index < -0.39 is 14.9 Å². The summed E-state index contributed by atoms with van der Waals surface area (Å²) in [6, 6.07) is 6.56. The fourth-order valence-electron chi connectivity index (χ4n) is 2.74. The number of ether oxygens (including phenoxy) is 1. The van der Waals surface area contributed by atoms with Gasteiger partial charge in [-0.1, -0.05) is 23.7 Å². The number of benzene rings is 1. The molecule has 2 aromatic rings. The summed E-state index contributed by atoms with van der Waals surface area (Å²) in [5, 5.41) is 13.7. The highest BCUT2D eigenvalue weighted by atomic mass is 35.5. The van der Waals surface area contributed by atoms with Crippen LogP contribution >= 0.6 is 11.6 Å². The first kappa shape index (κ1) is 20.4. The van der Waals surface area contributed by atoms with Crippen molar-refractivity contribution < 1.29 is 18.1 Å². The highest BCUT2D eigenvalue weighted by Gasteiger charge is 2.26. The van der Waals surface area contributed by atoms with E-state index >= 15 is 0 Å². The average Bonchev–Trinajstić information content (AvgIpc) is 2.69. The molecule has 1 saturated heterocycles. The van der Waals surface area contributed by atoms with Crippen LogP contribution in [0.1, 0.15) is 5.56 Å². The Hall–Kier alpha value is -2.34. The summed E-state index contributed by atoms with van der Waals surface area (Å²) in [6.07, 6.45) is 1.65. The van der Waals surface area contributed by atoms with Gasteiger partial charge in [-0.2, -0.15) is 4.31 Å². The van der Waals surface area contributed by atoms with Crippen LogP contribution in [0.5, 0.6) is 0 Å². The van der Waals surface area contributed by atoms with E-state index in [4.69, 9.17) is 16.3 Å². The van der Waals surface area contributed by atoms with E-state index in [2.05, 4.69) is 15.3 Å². The Balaban J connectivity index is 1.63. The van der Waals surface area contributed by atoms with Gasteiger partial charge in [0, 0.05) is 19.6 Å². The fourth-order valence-corrected chi connectivity index (χ4v) is 4.35.